The number of nitrogens with one attached hydrogen (secondary N) is 1. The average molecular weight is 283 g/mol. The minimum absolute atomic E-state index is 0.0479. The van der Waals surface area contributed by atoms with Gasteiger partial charge < -0.3 is 5.32 Å². The van der Waals surface area contributed by atoms with Crippen LogP contribution >= 0.6 is 11.6 Å². The van der Waals surface area contributed by atoms with Gasteiger partial charge in [0.2, 0.25) is 5.91 Å². The summed E-state index contributed by atoms with van der Waals surface area (Å²) in [5, 5.41) is 3.31. The predicted molar refractivity (Wildman–Crippen MR) is 76.6 cm³/mol. The van der Waals surface area contributed by atoms with Crippen molar-refractivity contribution in [2.45, 2.75) is 13.3 Å². The van der Waals surface area contributed by atoms with Gasteiger partial charge in [-0.15, -0.1) is 0 Å². The summed E-state index contributed by atoms with van der Waals surface area (Å²) in [6.45, 7) is 3.06. The molecule has 5 heteroatoms. The lowest BCUT2D eigenvalue weighted by Crippen LogP contribution is -2.37. The van der Waals surface area contributed by atoms with Gasteiger partial charge in [-0.2, -0.15) is 0 Å². The molecule has 0 spiro atoms. The van der Waals surface area contributed by atoms with Crippen LogP contribution in [0.15, 0.2) is 24.3 Å². The van der Waals surface area contributed by atoms with E-state index in [1.54, 1.807) is 36.2 Å². The van der Waals surface area contributed by atoms with Crippen molar-refractivity contribution in [1.82, 2.24) is 10.2 Å². The largest absolute Gasteiger partial charge is 0.355 e. The van der Waals surface area contributed by atoms with Crippen LogP contribution in [0, 0.1) is 0 Å². The first-order valence-corrected chi connectivity index (χ1v) is 6.64. The molecular formula is C14H19ClN2O2. The number of rotatable bonds is 7. The number of halogens is 1. The summed E-state index contributed by atoms with van der Waals surface area (Å²) in [6.07, 6.45) is 0.900. The van der Waals surface area contributed by atoms with Crippen LogP contribution in [-0.4, -0.2) is 43.3 Å². The van der Waals surface area contributed by atoms with Crippen LogP contribution in [0.1, 0.15) is 23.7 Å². The number of carbonyl (C=O) groups excluding carboxylic acids is 2. The second-order valence-corrected chi connectivity index (χ2v) is 4.89. The van der Waals surface area contributed by atoms with Gasteiger partial charge in [-0.25, -0.2) is 0 Å². The van der Waals surface area contributed by atoms with Crippen LogP contribution in [0.2, 0.25) is 5.02 Å². The molecule has 0 heterocycles. The second-order valence-electron chi connectivity index (χ2n) is 4.46. The fraction of sp³-hybridized carbons (Fsp3) is 0.429. The Balaban J connectivity index is 2.46. The monoisotopic (exact) mass is 282 g/mol. The lowest BCUT2D eigenvalue weighted by atomic mass is 10.1. The Bertz CT molecular complexity index is 449. The van der Waals surface area contributed by atoms with Crippen molar-refractivity contribution in [2.24, 2.45) is 0 Å². The molecule has 0 unspecified atom stereocenters. The molecule has 0 aliphatic heterocycles. The van der Waals surface area contributed by atoms with Crippen molar-refractivity contribution in [1.29, 1.82) is 0 Å². The summed E-state index contributed by atoms with van der Waals surface area (Å²) in [7, 11) is 1.74. The molecule has 4 nitrogen and oxygen atoms in total. The lowest BCUT2D eigenvalue weighted by Gasteiger charge is -2.15. The smallest absolute Gasteiger partial charge is 0.234 e. The molecule has 1 amide bonds. The summed E-state index contributed by atoms with van der Waals surface area (Å²) >= 11 is 5.84. The van der Waals surface area contributed by atoms with Gasteiger partial charge in [-0.3, -0.25) is 14.5 Å². The lowest BCUT2D eigenvalue weighted by molar-refractivity contribution is -0.121. The molecule has 0 aromatic heterocycles. The van der Waals surface area contributed by atoms with Crippen LogP contribution in [0.3, 0.4) is 0 Å². The summed E-state index contributed by atoms with van der Waals surface area (Å²) < 4.78 is 0. The number of ketones is 1. The van der Waals surface area contributed by atoms with Gasteiger partial charge in [0.25, 0.3) is 0 Å². The van der Waals surface area contributed by atoms with Crippen LogP contribution in [0.4, 0.5) is 0 Å². The van der Waals surface area contributed by atoms with E-state index in [0.717, 1.165) is 6.42 Å². The number of amides is 1. The average Bonchev–Trinajstić information content (AvgIpc) is 2.36. The molecule has 0 saturated heterocycles. The Morgan fingerprint density at radius 2 is 2.05 bits per heavy atom. The quantitative estimate of drug-likeness (QED) is 0.778. The van der Waals surface area contributed by atoms with Crippen LogP contribution < -0.4 is 5.32 Å². The molecule has 1 aromatic rings. The van der Waals surface area contributed by atoms with Crippen molar-refractivity contribution >= 4 is 23.3 Å². The molecule has 1 rings (SSSR count). The molecule has 1 aromatic carbocycles. The highest BCUT2D eigenvalue weighted by Gasteiger charge is 2.12. The molecule has 1 N–H and O–H groups in total. The molecule has 0 bridgehead atoms. The Morgan fingerprint density at radius 3 is 2.68 bits per heavy atom. The summed E-state index contributed by atoms with van der Waals surface area (Å²) in [5.41, 5.74) is 0.563. The standard InChI is InChI=1S/C14H19ClN2O2/c1-3-7-16-14(19)10-17(2)9-13(18)11-5-4-6-12(15)8-11/h4-6,8H,3,7,9-10H2,1-2H3,(H,16,19). The first kappa shape index (κ1) is 15.7. The van der Waals surface area contributed by atoms with Gasteiger partial charge in [0.15, 0.2) is 5.78 Å². The first-order chi connectivity index (χ1) is 9.02. The maximum Gasteiger partial charge on any atom is 0.234 e. The van der Waals surface area contributed by atoms with E-state index < -0.39 is 0 Å². The zero-order valence-electron chi connectivity index (χ0n) is 11.3. The Kier molecular flexibility index (Phi) is 6.53. The minimum Gasteiger partial charge on any atom is -0.355 e. The highest BCUT2D eigenvalue weighted by atomic mass is 35.5. The van der Waals surface area contributed by atoms with E-state index in [0.29, 0.717) is 17.1 Å². The van der Waals surface area contributed by atoms with Crippen molar-refractivity contribution in [3.8, 4) is 0 Å². The summed E-state index contributed by atoms with van der Waals surface area (Å²) in [4.78, 5) is 25.2. The zero-order chi connectivity index (χ0) is 14.3. The van der Waals surface area contributed by atoms with E-state index in [2.05, 4.69) is 5.32 Å². The summed E-state index contributed by atoms with van der Waals surface area (Å²) in [6, 6.07) is 6.82. The van der Waals surface area contributed by atoms with Gasteiger partial charge in [0.1, 0.15) is 0 Å². The Hall–Kier alpha value is -1.39. The SMILES string of the molecule is CCCNC(=O)CN(C)CC(=O)c1cccc(Cl)c1. The Morgan fingerprint density at radius 1 is 1.32 bits per heavy atom. The number of hydrogen-bond donors (Lipinski definition) is 1. The van der Waals surface area contributed by atoms with E-state index in [9.17, 15) is 9.59 Å². The molecule has 104 valence electrons. The van der Waals surface area contributed by atoms with Crippen molar-refractivity contribution < 1.29 is 9.59 Å². The van der Waals surface area contributed by atoms with Crippen LogP contribution in [-0.2, 0) is 4.79 Å². The van der Waals surface area contributed by atoms with Gasteiger partial charge in [0, 0.05) is 17.1 Å². The van der Waals surface area contributed by atoms with Gasteiger partial charge in [-0.1, -0.05) is 30.7 Å². The van der Waals surface area contributed by atoms with Crippen molar-refractivity contribution in [3.63, 3.8) is 0 Å². The topological polar surface area (TPSA) is 49.4 Å². The molecule has 0 aliphatic carbocycles. The predicted octanol–water partition coefficient (Wildman–Crippen LogP) is 1.98. The summed E-state index contributed by atoms with van der Waals surface area (Å²) in [5.74, 6) is -0.114. The fourth-order valence-electron chi connectivity index (χ4n) is 1.62. The third-order valence-corrected chi connectivity index (χ3v) is 2.78. The molecule has 0 radical (unpaired) electrons. The molecule has 0 saturated carbocycles. The highest BCUT2D eigenvalue weighted by molar-refractivity contribution is 6.31. The van der Waals surface area contributed by atoms with Crippen molar-refractivity contribution in [3.05, 3.63) is 34.9 Å². The van der Waals surface area contributed by atoms with E-state index >= 15 is 0 Å². The van der Waals surface area contributed by atoms with Gasteiger partial charge in [0.05, 0.1) is 13.1 Å². The van der Waals surface area contributed by atoms with E-state index in [1.165, 1.54) is 0 Å². The molecule has 19 heavy (non-hydrogen) atoms. The fourth-order valence-corrected chi connectivity index (χ4v) is 1.81. The van der Waals surface area contributed by atoms with Crippen LogP contribution in [0.5, 0.6) is 0 Å². The Labute approximate surface area is 118 Å². The molecule has 0 fully saturated rings. The number of benzene rings is 1. The van der Waals surface area contributed by atoms with Crippen LogP contribution in [0.25, 0.3) is 0 Å². The van der Waals surface area contributed by atoms with E-state index in [-0.39, 0.29) is 24.8 Å². The molecular weight excluding hydrogens is 264 g/mol. The zero-order valence-corrected chi connectivity index (χ0v) is 12.0. The second kappa shape index (κ2) is 7.92. The van der Waals surface area contributed by atoms with E-state index in [1.807, 2.05) is 6.92 Å². The first-order valence-electron chi connectivity index (χ1n) is 6.27. The number of hydrogen-bond acceptors (Lipinski definition) is 3. The minimum atomic E-state index is -0.0664. The number of nitrogens with zero attached hydrogens (tertiary/aromatic N) is 1. The van der Waals surface area contributed by atoms with E-state index in [4.69, 9.17) is 11.6 Å². The normalized spacial score (nSPS) is 10.5. The molecule has 0 atom stereocenters. The highest BCUT2D eigenvalue weighted by Crippen LogP contribution is 2.11. The van der Waals surface area contributed by atoms with Gasteiger partial charge >= 0.3 is 0 Å². The number of Topliss-reactive ketones (excluding diaryl/α,β-unsaturated/α-hetero) is 1. The number of likely N-dealkylation sites (N-methyl/N-ethyl adjacent to an activating group) is 1. The maximum atomic E-state index is 12.0. The van der Waals surface area contributed by atoms with Gasteiger partial charge in [-0.05, 0) is 25.6 Å². The van der Waals surface area contributed by atoms with Crippen molar-refractivity contribution in [2.75, 3.05) is 26.7 Å². The molecule has 0 aliphatic rings. The number of carbonyl (C=O) groups is 2. The third-order valence-electron chi connectivity index (χ3n) is 2.55. The maximum absolute atomic E-state index is 12.0. The third kappa shape index (κ3) is 5.85.